The monoisotopic (exact) mass is 367 g/mol. The van der Waals surface area contributed by atoms with Gasteiger partial charge >= 0.3 is 5.97 Å². The van der Waals surface area contributed by atoms with E-state index in [2.05, 4.69) is 0 Å². The Morgan fingerprint density at radius 3 is 2.44 bits per heavy atom. The zero-order chi connectivity index (χ0) is 18.8. The first-order valence-corrected chi connectivity index (χ1v) is 9.78. The molecule has 2 aliphatic rings. The molecule has 142 valence electrons. The van der Waals surface area contributed by atoms with E-state index in [0.717, 1.165) is 24.2 Å². The molecule has 1 amide bonds. The number of para-hydroxylation sites is 1. The highest BCUT2D eigenvalue weighted by Gasteiger charge is 2.33. The minimum absolute atomic E-state index is 0.0134. The number of benzene rings is 1. The van der Waals surface area contributed by atoms with Gasteiger partial charge in [-0.15, -0.1) is 0 Å². The molecule has 0 spiro atoms. The van der Waals surface area contributed by atoms with E-state index in [1.54, 1.807) is 4.68 Å². The van der Waals surface area contributed by atoms with Crippen molar-refractivity contribution in [2.24, 2.45) is 5.92 Å². The van der Waals surface area contributed by atoms with Gasteiger partial charge in [0.05, 0.1) is 23.9 Å². The first-order valence-electron chi connectivity index (χ1n) is 9.78. The van der Waals surface area contributed by atoms with E-state index in [1.165, 1.54) is 0 Å². The van der Waals surface area contributed by atoms with Gasteiger partial charge in [-0.3, -0.25) is 9.59 Å². The van der Waals surface area contributed by atoms with Crippen LogP contribution in [0.15, 0.2) is 36.4 Å². The SMILES string of the molecule is CCOC(=O)C1CCN(C(=O)c2cc(C3CC3)nn2-c2ccccc2)CC1. The summed E-state index contributed by atoms with van der Waals surface area (Å²) < 4.78 is 6.89. The molecule has 0 atom stereocenters. The van der Waals surface area contributed by atoms with E-state index in [-0.39, 0.29) is 17.8 Å². The average Bonchev–Trinajstić information content (AvgIpc) is 3.47. The molecule has 0 N–H and O–H groups in total. The summed E-state index contributed by atoms with van der Waals surface area (Å²) in [4.78, 5) is 27.0. The fourth-order valence-electron chi connectivity index (χ4n) is 3.64. The standard InChI is InChI=1S/C21H25N3O3/c1-2-27-21(26)16-10-12-23(13-11-16)20(25)19-14-18(15-8-9-15)22-24(19)17-6-4-3-5-7-17/h3-7,14-16H,2,8-13H2,1H3. The summed E-state index contributed by atoms with van der Waals surface area (Å²) in [5, 5.41) is 4.72. The van der Waals surface area contributed by atoms with Gasteiger partial charge in [-0.05, 0) is 50.8 Å². The fourth-order valence-corrected chi connectivity index (χ4v) is 3.64. The zero-order valence-corrected chi connectivity index (χ0v) is 15.6. The Bertz CT molecular complexity index is 818. The third-order valence-corrected chi connectivity index (χ3v) is 5.35. The van der Waals surface area contributed by atoms with Crippen molar-refractivity contribution in [3.8, 4) is 5.69 Å². The van der Waals surface area contributed by atoms with E-state index < -0.39 is 0 Å². The van der Waals surface area contributed by atoms with Gasteiger partial charge in [-0.1, -0.05) is 18.2 Å². The Hall–Kier alpha value is -2.63. The molecule has 2 fully saturated rings. The number of carbonyl (C=O) groups is 2. The van der Waals surface area contributed by atoms with Crippen LogP contribution in [0.4, 0.5) is 0 Å². The van der Waals surface area contributed by atoms with E-state index in [1.807, 2.05) is 48.2 Å². The molecule has 1 saturated carbocycles. The summed E-state index contributed by atoms with van der Waals surface area (Å²) in [6.07, 6.45) is 3.59. The fraction of sp³-hybridized carbons (Fsp3) is 0.476. The second kappa shape index (κ2) is 7.55. The molecular formula is C21H25N3O3. The van der Waals surface area contributed by atoms with Crippen LogP contribution in [-0.4, -0.2) is 46.3 Å². The summed E-state index contributed by atoms with van der Waals surface area (Å²) in [6, 6.07) is 11.7. The van der Waals surface area contributed by atoms with Crippen LogP contribution in [0.25, 0.3) is 5.69 Å². The Balaban J connectivity index is 1.53. The molecule has 4 rings (SSSR count). The Morgan fingerprint density at radius 1 is 1.11 bits per heavy atom. The maximum absolute atomic E-state index is 13.2. The molecule has 0 radical (unpaired) electrons. The van der Waals surface area contributed by atoms with Crippen LogP contribution in [0.5, 0.6) is 0 Å². The number of rotatable bonds is 5. The van der Waals surface area contributed by atoms with Gasteiger partial charge in [0.15, 0.2) is 0 Å². The normalized spacial score (nSPS) is 17.7. The molecule has 27 heavy (non-hydrogen) atoms. The van der Waals surface area contributed by atoms with Crippen LogP contribution in [0.1, 0.15) is 54.7 Å². The van der Waals surface area contributed by atoms with Gasteiger partial charge in [-0.25, -0.2) is 4.68 Å². The van der Waals surface area contributed by atoms with Crippen molar-refractivity contribution in [3.63, 3.8) is 0 Å². The lowest BCUT2D eigenvalue weighted by atomic mass is 9.97. The molecule has 0 bridgehead atoms. The highest BCUT2D eigenvalue weighted by Crippen LogP contribution is 2.40. The molecule has 1 aromatic heterocycles. The van der Waals surface area contributed by atoms with Crippen molar-refractivity contribution in [1.82, 2.24) is 14.7 Å². The third kappa shape index (κ3) is 3.75. The minimum atomic E-state index is -0.144. The van der Waals surface area contributed by atoms with Crippen molar-refractivity contribution in [2.75, 3.05) is 19.7 Å². The van der Waals surface area contributed by atoms with Crippen molar-refractivity contribution in [3.05, 3.63) is 47.8 Å². The number of amides is 1. The van der Waals surface area contributed by atoms with Crippen LogP contribution in [0.2, 0.25) is 0 Å². The number of aromatic nitrogens is 2. The van der Waals surface area contributed by atoms with Crippen molar-refractivity contribution in [2.45, 2.75) is 38.5 Å². The Morgan fingerprint density at radius 2 is 1.81 bits per heavy atom. The number of carbonyl (C=O) groups excluding carboxylic acids is 2. The predicted octanol–water partition coefficient (Wildman–Crippen LogP) is 3.17. The first-order chi connectivity index (χ1) is 13.2. The summed E-state index contributed by atoms with van der Waals surface area (Å²) in [6.45, 7) is 3.36. The molecular weight excluding hydrogens is 342 g/mol. The number of esters is 1. The highest BCUT2D eigenvalue weighted by molar-refractivity contribution is 5.93. The molecule has 6 heteroatoms. The zero-order valence-electron chi connectivity index (χ0n) is 15.6. The number of ether oxygens (including phenoxy) is 1. The molecule has 6 nitrogen and oxygen atoms in total. The lowest BCUT2D eigenvalue weighted by molar-refractivity contribution is -0.149. The van der Waals surface area contributed by atoms with E-state index in [9.17, 15) is 9.59 Å². The molecule has 1 saturated heterocycles. The molecule has 1 aliphatic heterocycles. The van der Waals surface area contributed by atoms with E-state index in [4.69, 9.17) is 9.84 Å². The van der Waals surface area contributed by atoms with E-state index >= 15 is 0 Å². The predicted molar refractivity (Wildman–Crippen MR) is 101 cm³/mol. The second-order valence-corrected chi connectivity index (χ2v) is 7.29. The summed E-state index contributed by atoms with van der Waals surface area (Å²) in [7, 11) is 0. The summed E-state index contributed by atoms with van der Waals surface area (Å²) in [5.74, 6) is 0.224. The lowest BCUT2D eigenvalue weighted by Gasteiger charge is -2.30. The third-order valence-electron chi connectivity index (χ3n) is 5.35. The van der Waals surface area contributed by atoms with Crippen molar-refractivity contribution < 1.29 is 14.3 Å². The molecule has 2 aromatic rings. The lowest BCUT2D eigenvalue weighted by Crippen LogP contribution is -2.41. The van der Waals surface area contributed by atoms with Crippen molar-refractivity contribution in [1.29, 1.82) is 0 Å². The Kier molecular flexibility index (Phi) is 4.97. The minimum Gasteiger partial charge on any atom is -0.466 e. The maximum Gasteiger partial charge on any atom is 0.309 e. The number of piperidine rings is 1. The first kappa shape index (κ1) is 17.8. The molecule has 1 aliphatic carbocycles. The largest absolute Gasteiger partial charge is 0.466 e. The average molecular weight is 367 g/mol. The summed E-state index contributed by atoms with van der Waals surface area (Å²) >= 11 is 0. The molecule has 0 unspecified atom stereocenters. The number of hydrogen-bond acceptors (Lipinski definition) is 4. The van der Waals surface area contributed by atoms with Crippen LogP contribution in [-0.2, 0) is 9.53 Å². The van der Waals surface area contributed by atoms with Gasteiger partial charge in [0, 0.05) is 19.0 Å². The number of likely N-dealkylation sites (tertiary alicyclic amines) is 1. The second-order valence-electron chi connectivity index (χ2n) is 7.29. The van der Waals surface area contributed by atoms with Gasteiger partial charge < -0.3 is 9.64 Å². The van der Waals surface area contributed by atoms with Crippen molar-refractivity contribution >= 4 is 11.9 Å². The van der Waals surface area contributed by atoms with Gasteiger partial charge in [-0.2, -0.15) is 5.10 Å². The summed E-state index contributed by atoms with van der Waals surface area (Å²) in [5.41, 5.74) is 2.51. The van der Waals surface area contributed by atoms with Crippen LogP contribution in [0.3, 0.4) is 0 Å². The highest BCUT2D eigenvalue weighted by atomic mass is 16.5. The van der Waals surface area contributed by atoms with Gasteiger partial charge in [0.25, 0.3) is 5.91 Å². The topological polar surface area (TPSA) is 64.4 Å². The number of nitrogens with zero attached hydrogens (tertiary/aromatic N) is 3. The molecule has 1 aromatic carbocycles. The van der Waals surface area contributed by atoms with Crippen LogP contribution in [0, 0.1) is 5.92 Å². The van der Waals surface area contributed by atoms with Crippen LogP contribution < -0.4 is 0 Å². The quantitative estimate of drug-likeness (QED) is 0.762. The van der Waals surface area contributed by atoms with E-state index in [0.29, 0.717) is 44.1 Å². The van der Waals surface area contributed by atoms with Gasteiger partial charge in [0.2, 0.25) is 0 Å². The Labute approximate surface area is 159 Å². The molecule has 2 heterocycles. The van der Waals surface area contributed by atoms with Gasteiger partial charge in [0.1, 0.15) is 5.69 Å². The van der Waals surface area contributed by atoms with Crippen LogP contribution >= 0.6 is 0 Å². The maximum atomic E-state index is 13.2. The number of hydrogen-bond donors (Lipinski definition) is 0. The smallest absolute Gasteiger partial charge is 0.309 e.